The lowest BCUT2D eigenvalue weighted by Crippen LogP contribution is -2.29. The number of nitrogens with two attached hydrogens (primary N) is 1. The summed E-state index contributed by atoms with van der Waals surface area (Å²) in [7, 11) is 1.67. The summed E-state index contributed by atoms with van der Waals surface area (Å²) in [4.78, 5) is 0.578. The lowest BCUT2D eigenvalue weighted by Gasteiger charge is -2.22. The molecule has 0 heterocycles. The van der Waals surface area contributed by atoms with Gasteiger partial charge in [0.2, 0.25) is 0 Å². The summed E-state index contributed by atoms with van der Waals surface area (Å²) in [5.41, 5.74) is 5.55. The van der Waals surface area contributed by atoms with Gasteiger partial charge in [0.25, 0.3) is 0 Å². The molecule has 2 N–H and O–H groups in total. The number of ether oxygens (including phenoxy) is 2. The fraction of sp³-hybridized carbons (Fsp3) is 0.900. The molecule has 0 saturated carbocycles. The molecule has 0 saturated heterocycles. The summed E-state index contributed by atoms with van der Waals surface area (Å²) >= 11 is 4.97. The topological polar surface area (TPSA) is 44.5 Å². The summed E-state index contributed by atoms with van der Waals surface area (Å²) in [6.45, 7) is 6.17. The van der Waals surface area contributed by atoms with Gasteiger partial charge in [-0.2, -0.15) is 0 Å². The molecule has 0 aliphatic carbocycles. The van der Waals surface area contributed by atoms with Gasteiger partial charge in [0.15, 0.2) is 0 Å². The largest absolute Gasteiger partial charge is 0.393 e. The molecule has 0 aliphatic heterocycles. The van der Waals surface area contributed by atoms with Crippen LogP contribution in [-0.4, -0.2) is 31.9 Å². The molecule has 84 valence electrons. The minimum absolute atomic E-state index is 0.0556. The first-order valence-corrected chi connectivity index (χ1v) is 5.28. The molecule has 0 atom stereocenters. The Morgan fingerprint density at radius 1 is 1.29 bits per heavy atom. The molecule has 0 fully saturated rings. The van der Waals surface area contributed by atoms with E-state index in [0.717, 1.165) is 19.4 Å². The summed E-state index contributed by atoms with van der Waals surface area (Å²) in [6.07, 6.45) is 1.95. The number of hydrogen-bond donors (Lipinski definition) is 1. The Morgan fingerprint density at radius 3 is 2.43 bits per heavy atom. The van der Waals surface area contributed by atoms with Crippen molar-refractivity contribution in [2.24, 2.45) is 11.1 Å². The van der Waals surface area contributed by atoms with Gasteiger partial charge in [-0.1, -0.05) is 26.1 Å². The van der Waals surface area contributed by atoms with E-state index in [1.807, 2.05) is 0 Å². The standard InChI is InChI=1S/C10H21NO2S/c1-10(2,9(11)14)5-4-6-13-8-7-12-3/h4-8H2,1-3H3,(H2,11,14). The zero-order valence-corrected chi connectivity index (χ0v) is 10.2. The second-order valence-corrected chi connectivity index (χ2v) is 4.40. The highest BCUT2D eigenvalue weighted by Crippen LogP contribution is 2.22. The highest BCUT2D eigenvalue weighted by Gasteiger charge is 2.20. The van der Waals surface area contributed by atoms with Gasteiger partial charge in [0, 0.05) is 19.1 Å². The van der Waals surface area contributed by atoms with Crippen molar-refractivity contribution < 1.29 is 9.47 Å². The van der Waals surface area contributed by atoms with Crippen molar-refractivity contribution in [3.8, 4) is 0 Å². The van der Waals surface area contributed by atoms with Crippen LogP contribution in [0.25, 0.3) is 0 Å². The first kappa shape index (κ1) is 13.8. The zero-order chi connectivity index (χ0) is 11.0. The van der Waals surface area contributed by atoms with Crippen LogP contribution < -0.4 is 5.73 Å². The summed E-state index contributed by atoms with van der Waals surface area (Å²) < 4.78 is 10.2. The van der Waals surface area contributed by atoms with Crippen LogP contribution in [0.3, 0.4) is 0 Å². The van der Waals surface area contributed by atoms with Gasteiger partial charge < -0.3 is 15.2 Å². The third kappa shape index (κ3) is 6.29. The monoisotopic (exact) mass is 219 g/mol. The van der Waals surface area contributed by atoms with E-state index in [1.54, 1.807) is 7.11 Å². The van der Waals surface area contributed by atoms with E-state index in [1.165, 1.54) is 0 Å². The van der Waals surface area contributed by atoms with E-state index < -0.39 is 0 Å². The van der Waals surface area contributed by atoms with Crippen molar-refractivity contribution in [1.82, 2.24) is 0 Å². The van der Waals surface area contributed by atoms with Crippen LogP contribution in [0.15, 0.2) is 0 Å². The molecule has 0 aromatic rings. The fourth-order valence-corrected chi connectivity index (χ4v) is 1.09. The van der Waals surface area contributed by atoms with E-state index >= 15 is 0 Å². The highest BCUT2D eigenvalue weighted by molar-refractivity contribution is 7.80. The van der Waals surface area contributed by atoms with Crippen LogP contribution in [0.2, 0.25) is 0 Å². The van der Waals surface area contributed by atoms with Crippen molar-refractivity contribution in [3.63, 3.8) is 0 Å². The number of rotatable bonds is 8. The molecule has 0 rings (SSSR count). The minimum Gasteiger partial charge on any atom is -0.393 e. The van der Waals surface area contributed by atoms with E-state index in [-0.39, 0.29) is 5.41 Å². The molecule has 4 heteroatoms. The van der Waals surface area contributed by atoms with Crippen LogP contribution >= 0.6 is 12.2 Å². The Kier molecular flexibility index (Phi) is 7.05. The smallest absolute Gasteiger partial charge is 0.0784 e. The summed E-state index contributed by atoms with van der Waals surface area (Å²) in [6, 6.07) is 0. The number of methoxy groups -OCH3 is 1. The van der Waals surface area contributed by atoms with Crippen LogP contribution in [0.1, 0.15) is 26.7 Å². The van der Waals surface area contributed by atoms with E-state index in [2.05, 4.69) is 13.8 Å². The Hall–Kier alpha value is -0.190. The fourth-order valence-electron chi connectivity index (χ4n) is 0.984. The molecule has 0 radical (unpaired) electrons. The summed E-state index contributed by atoms with van der Waals surface area (Å²) in [5.74, 6) is 0. The normalized spacial score (nSPS) is 11.6. The Balaban J connectivity index is 3.40. The van der Waals surface area contributed by atoms with E-state index in [9.17, 15) is 0 Å². The predicted octanol–water partition coefficient (Wildman–Crippen LogP) is 1.74. The maximum Gasteiger partial charge on any atom is 0.0784 e. The van der Waals surface area contributed by atoms with Gasteiger partial charge in [-0.05, 0) is 12.8 Å². The quantitative estimate of drug-likeness (QED) is 0.499. The molecule has 0 spiro atoms. The van der Waals surface area contributed by atoms with Gasteiger partial charge in [0.1, 0.15) is 0 Å². The van der Waals surface area contributed by atoms with Crippen LogP contribution in [0.5, 0.6) is 0 Å². The lowest BCUT2D eigenvalue weighted by atomic mass is 9.88. The van der Waals surface area contributed by atoms with E-state index in [4.69, 9.17) is 27.4 Å². The Labute approximate surface area is 91.9 Å². The lowest BCUT2D eigenvalue weighted by molar-refractivity contribution is 0.0667. The van der Waals surface area contributed by atoms with Gasteiger partial charge >= 0.3 is 0 Å². The molecule has 0 unspecified atom stereocenters. The number of thiocarbonyl (C=S) groups is 1. The second-order valence-electron chi connectivity index (χ2n) is 3.96. The summed E-state index contributed by atoms with van der Waals surface area (Å²) in [5, 5.41) is 0. The third-order valence-corrected chi connectivity index (χ3v) is 2.74. The molecule has 0 aromatic heterocycles. The molecule has 0 aliphatic rings. The van der Waals surface area contributed by atoms with Gasteiger partial charge in [0.05, 0.1) is 18.2 Å². The molecule has 0 bridgehead atoms. The zero-order valence-electron chi connectivity index (χ0n) is 9.34. The van der Waals surface area contributed by atoms with Crippen molar-refractivity contribution in [1.29, 1.82) is 0 Å². The van der Waals surface area contributed by atoms with Gasteiger partial charge in [-0.15, -0.1) is 0 Å². The maximum absolute atomic E-state index is 5.60. The molecule has 3 nitrogen and oxygen atoms in total. The average Bonchev–Trinajstić information content (AvgIpc) is 2.10. The molecule has 0 aromatic carbocycles. The first-order valence-electron chi connectivity index (χ1n) is 4.87. The van der Waals surface area contributed by atoms with Crippen LogP contribution in [-0.2, 0) is 9.47 Å². The van der Waals surface area contributed by atoms with Crippen LogP contribution in [0.4, 0.5) is 0 Å². The Morgan fingerprint density at radius 2 is 1.93 bits per heavy atom. The molecular weight excluding hydrogens is 198 g/mol. The molecule has 0 amide bonds. The van der Waals surface area contributed by atoms with Gasteiger partial charge in [-0.25, -0.2) is 0 Å². The minimum atomic E-state index is -0.0556. The van der Waals surface area contributed by atoms with Crippen molar-refractivity contribution >= 4 is 17.2 Å². The first-order chi connectivity index (χ1) is 6.50. The third-order valence-electron chi connectivity index (χ3n) is 2.19. The average molecular weight is 219 g/mol. The maximum atomic E-state index is 5.60. The second kappa shape index (κ2) is 7.15. The predicted molar refractivity (Wildman–Crippen MR) is 62.5 cm³/mol. The number of hydrogen-bond acceptors (Lipinski definition) is 3. The SMILES string of the molecule is COCCOCCCC(C)(C)C(N)=S. The van der Waals surface area contributed by atoms with E-state index in [0.29, 0.717) is 18.2 Å². The van der Waals surface area contributed by atoms with Crippen LogP contribution in [0, 0.1) is 5.41 Å². The van der Waals surface area contributed by atoms with Crippen molar-refractivity contribution in [3.05, 3.63) is 0 Å². The van der Waals surface area contributed by atoms with Crippen molar-refractivity contribution in [2.75, 3.05) is 26.9 Å². The molecular formula is C10H21NO2S. The molecule has 14 heavy (non-hydrogen) atoms. The highest BCUT2D eigenvalue weighted by atomic mass is 32.1. The Bertz CT molecular complexity index is 172. The van der Waals surface area contributed by atoms with Gasteiger partial charge in [-0.3, -0.25) is 0 Å². The van der Waals surface area contributed by atoms with Crippen molar-refractivity contribution in [2.45, 2.75) is 26.7 Å².